The van der Waals surface area contributed by atoms with Crippen LogP contribution in [0.4, 0.5) is 0 Å². The van der Waals surface area contributed by atoms with Crippen LogP contribution in [0, 0.1) is 13.8 Å². The summed E-state index contributed by atoms with van der Waals surface area (Å²) in [6, 6.07) is 2.14. The third-order valence-electron chi connectivity index (χ3n) is 2.76. The molecule has 2 heterocycles. The Kier molecular flexibility index (Phi) is 3.81. The number of aryl methyl sites for hydroxylation is 2. The first-order valence-corrected chi connectivity index (χ1v) is 6.38. The van der Waals surface area contributed by atoms with Crippen LogP contribution in [0.2, 0.25) is 0 Å². The minimum atomic E-state index is 0.197. The number of thiazole rings is 1. The van der Waals surface area contributed by atoms with E-state index < -0.39 is 0 Å². The van der Waals surface area contributed by atoms with Crippen molar-refractivity contribution in [3.8, 4) is 0 Å². The summed E-state index contributed by atoms with van der Waals surface area (Å²) >= 11 is 1.76. The van der Waals surface area contributed by atoms with E-state index >= 15 is 0 Å². The van der Waals surface area contributed by atoms with Gasteiger partial charge < -0.3 is 5.32 Å². The molecule has 90 valence electrons. The number of nitrogens with zero attached hydrogens (tertiary/aromatic N) is 3. The summed E-state index contributed by atoms with van der Waals surface area (Å²) in [4.78, 5) is 14.1. The Morgan fingerprint density at radius 2 is 2.24 bits per heavy atom. The van der Waals surface area contributed by atoms with Gasteiger partial charge in [-0.1, -0.05) is 0 Å². The summed E-state index contributed by atoms with van der Waals surface area (Å²) in [5.41, 5.74) is 2.13. The van der Waals surface area contributed by atoms with Crippen molar-refractivity contribution in [1.29, 1.82) is 0 Å². The topological polar surface area (TPSA) is 50.7 Å². The van der Waals surface area contributed by atoms with Gasteiger partial charge in [0.15, 0.2) is 0 Å². The molecule has 2 aromatic heterocycles. The van der Waals surface area contributed by atoms with Gasteiger partial charge in [0.2, 0.25) is 0 Å². The van der Waals surface area contributed by atoms with Crippen LogP contribution in [0.5, 0.6) is 0 Å². The van der Waals surface area contributed by atoms with Gasteiger partial charge in [-0.15, -0.1) is 11.3 Å². The van der Waals surface area contributed by atoms with Crippen LogP contribution in [0.3, 0.4) is 0 Å². The summed E-state index contributed by atoms with van der Waals surface area (Å²) < 4.78 is 0. The Morgan fingerprint density at radius 1 is 1.41 bits per heavy atom. The lowest BCUT2D eigenvalue weighted by Crippen LogP contribution is -2.20. The van der Waals surface area contributed by atoms with Gasteiger partial charge in [0, 0.05) is 17.5 Å². The first kappa shape index (κ1) is 12.1. The second kappa shape index (κ2) is 5.33. The maximum Gasteiger partial charge on any atom is 0.115 e. The zero-order chi connectivity index (χ0) is 12.3. The third kappa shape index (κ3) is 2.87. The number of likely N-dealkylation sites (N-methyl/N-ethyl adjacent to an activating group) is 1. The molecule has 0 amide bonds. The van der Waals surface area contributed by atoms with Crippen molar-refractivity contribution in [3.05, 3.63) is 39.9 Å². The van der Waals surface area contributed by atoms with E-state index in [-0.39, 0.29) is 6.04 Å². The molecule has 0 aliphatic heterocycles. The Balaban J connectivity index is 2.15. The molecule has 0 aromatic carbocycles. The Hall–Kier alpha value is -1.33. The molecule has 0 saturated carbocycles. The predicted octanol–water partition coefficient (Wildman–Crippen LogP) is 2.05. The summed E-state index contributed by atoms with van der Waals surface area (Å²) in [6.07, 6.45) is 4.22. The molecule has 5 heteroatoms. The second-order valence-corrected chi connectivity index (χ2v) is 5.22. The molecular weight excluding hydrogens is 232 g/mol. The molecule has 0 fully saturated rings. The molecule has 0 bridgehead atoms. The van der Waals surface area contributed by atoms with E-state index in [1.165, 1.54) is 4.88 Å². The number of nitrogens with one attached hydrogen (secondary N) is 1. The molecule has 1 atom stereocenters. The van der Waals surface area contributed by atoms with E-state index in [0.717, 1.165) is 22.8 Å². The van der Waals surface area contributed by atoms with Crippen LogP contribution >= 0.6 is 11.3 Å². The summed E-state index contributed by atoms with van der Waals surface area (Å²) in [5.74, 6) is 0. The van der Waals surface area contributed by atoms with E-state index in [9.17, 15) is 0 Å². The maximum atomic E-state index is 4.56. The van der Waals surface area contributed by atoms with Gasteiger partial charge in [-0.2, -0.15) is 0 Å². The van der Waals surface area contributed by atoms with E-state index in [1.807, 2.05) is 13.1 Å². The highest BCUT2D eigenvalue weighted by molar-refractivity contribution is 7.11. The van der Waals surface area contributed by atoms with Gasteiger partial charge in [-0.3, -0.25) is 0 Å². The molecule has 0 radical (unpaired) electrons. The first-order chi connectivity index (χ1) is 8.20. The Morgan fingerprint density at radius 3 is 2.76 bits per heavy atom. The van der Waals surface area contributed by atoms with Crippen molar-refractivity contribution >= 4 is 11.3 Å². The lowest BCUT2D eigenvalue weighted by molar-refractivity contribution is 0.572. The van der Waals surface area contributed by atoms with Gasteiger partial charge in [0.1, 0.15) is 6.33 Å². The minimum absolute atomic E-state index is 0.197. The molecule has 0 saturated heterocycles. The maximum absolute atomic E-state index is 4.56. The van der Waals surface area contributed by atoms with Gasteiger partial charge in [-0.25, -0.2) is 15.0 Å². The van der Waals surface area contributed by atoms with Crippen molar-refractivity contribution in [3.63, 3.8) is 0 Å². The molecule has 2 aromatic rings. The second-order valence-electron chi connectivity index (χ2n) is 3.93. The van der Waals surface area contributed by atoms with Crippen molar-refractivity contribution in [1.82, 2.24) is 20.3 Å². The largest absolute Gasteiger partial charge is 0.311 e. The standard InChI is InChI=1S/C12H16N4S/c1-8-9(2)17-12(16-8)6-11(13-3)10-4-5-14-7-15-10/h4-5,7,11,13H,6H2,1-3H3. The highest BCUT2D eigenvalue weighted by Crippen LogP contribution is 2.22. The van der Waals surface area contributed by atoms with Crippen LogP contribution in [-0.2, 0) is 6.42 Å². The lowest BCUT2D eigenvalue weighted by Gasteiger charge is -2.13. The van der Waals surface area contributed by atoms with Crippen LogP contribution in [-0.4, -0.2) is 22.0 Å². The van der Waals surface area contributed by atoms with Crippen molar-refractivity contribution in [2.24, 2.45) is 0 Å². The van der Waals surface area contributed by atoms with Crippen LogP contribution in [0.1, 0.15) is 27.3 Å². The number of hydrogen-bond donors (Lipinski definition) is 1. The van der Waals surface area contributed by atoms with E-state index in [2.05, 4.69) is 34.1 Å². The molecular formula is C12H16N4S. The first-order valence-electron chi connectivity index (χ1n) is 5.56. The van der Waals surface area contributed by atoms with Gasteiger partial charge in [0.05, 0.1) is 22.4 Å². The fourth-order valence-electron chi connectivity index (χ4n) is 1.66. The van der Waals surface area contributed by atoms with Crippen molar-refractivity contribution in [2.45, 2.75) is 26.3 Å². The molecule has 2 rings (SSSR count). The van der Waals surface area contributed by atoms with Crippen LogP contribution in [0.15, 0.2) is 18.6 Å². The zero-order valence-electron chi connectivity index (χ0n) is 10.3. The minimum Gasteiger partial charge on any atom is -0.311 e. The monoisotopic (exact) mass is 248 g/mol. The normalized spacial score (nSPS) is 12.6. The van der Waals surface area contributed by atoms with Crippen LogP contribution < -0.4 is 5.32 Å². The number of hydrogen-bond acceptors (Lipinski definition) is 5. The molecule has 1 unspecified atom stereocenters. The fourth-order valence-corrected chi connectivity index (χ4v) is 2.64. The van der Waals surface area contributed by atoms with E-state index in [0.29, 0.717) is 0 Å². The lowest BCUT2D eigenvalue weighted by atomic mass is 10.1. The van der Waals surface area contributed by atoms with Gasteiger partial charge >= 0.3 is 0 Å². The fraction of sp³-hybridized carbons (Fsp3) is 0.417. The van der Waals surface area contributed by atoms with Crippen LogP contribution in [0.25, 0.3) is 0 Å². The van der Waals surface area contributed by atoms with Crippen molar-refractivity contribution in [2.75, 3.05) is 7.05 Å². The molecule has 0 aliphatic rings. The van der Waals surface area contributed by atoms with Gasteiger partial charge in [-0.05, 0) is 27.0 Å². The summed E-state index contributed by atoms with van der Waals surface area (Å²) in [6.45, 7) is 4.16. The average Bonchev–Trinajstić information content (AvgIpc) is 2.67. The molecule has 17 heavy (non-hydrogen) atoms. The van der Waals surface area contributed by atoms with Crippen molar-refractivity contribution < 1.29 is 0 Å². The third-order valence-corrected chi connectivity index (χ3v) is 3.86. The smallest absolute Gasteiger partial charge is 0.115 e. The predicted molar refractivity (Wildman–Crippen MR) is 69.1 cm³/mol. The molecule has 4 nitrogen and oxygen atoms in total. The number of aromatic nitrogens is 3. The Bertz CT molecular complexity index is 461. The Labute approximate surface area is 105 Å². The summed E-state index contributed by atoms with van der Waals surface area (Å²) in [7, 11) is 1.94. The SMILES string of the molecule is CNC(Cc1nc(C)c(C)s1)c1ccncn1. The molecule has 1 N–H and O–H groups in total. The number of rotatable bonds is 4. The molecule has 0 spiro atoms. The highest BCUT2D eigenvalue weighted by atomic mass is 32.1. The van der Waals surface area contributed by atoms with E-state index in [1.54, 1.807) is 23.9 Å². The highest BCUT2D eigenvalue weighted by Gasteiger charge is 2.14. The average molecular weight is 248 g/mol. The van der Waals surface area contributed by atoms with E-state index in [4.69, 9.17) is 0 Å². The zero-order valence-corrected chi connectivity index (χ0v) is 11.1. The van der Waals surface area contributed by atoms with Gasteiger partial charge in [0.25, 0.3) is 0 Å². The quantitative estimate of drug-likeness (QED) is 0.899. The molecule has 0 aliphatic carbocycles. The summed E-state index contributed by atoms with van der Waals surface area (Å²) in [5, 5.41) is 4.42.